The van der Waals surface area contributed by atoms with E-state index in [9.17, 15) is 5.11 Å². The average molecular weight is 260 g/mol. The Morgan fingerprint density at radius 3 is 2.22 bits per heavy atom. The van der Waals surface area contributed by atoms with Crippen molar-refractivity contribution in [1.82, 2.24) is 0 Å². The van der Waals surface area contributed by atoms with Crippen molar-refractivity contribution in [2.75, 3.05) is 6.61 Å². The van der Waals surface area contributed by atoms with Gasteiger partial charge in [-0.15, -0.1) is 0 Å². The summed E-state index contributed by atoms with van der Waals surface area (Å²) in [6, 6.07) is 0. The fourth-order valence-electron chi connectivity index (χ4n) is 2.70. The minimum Gasteiger partial charge on any atom is -0.387 e. The fraction of sp³-hybridized carbons (Fsp3) is 1.00. The number of hydrogen-bond donors (Lipinski definition) is 1. The summed E-state index contributed by atoms with van der Waals surface area (Å²) >= 11 is 0. The quantitative estimate of drug-likeness (QED) is 0.735. The third-order valence-electron chi connectivity index (χ3n) is 3.45. The molecule has 3 aliphatic rings. The van der Waals surface area contributed by atoms with E-state index in [-0.39, 0.29) is 6.10 Å². The molecule has 6 nitrogen and oxygen atoms in total. The average Bonchev–Trinajstić information content (AvgIpc) is 2.81. The smallest absolute Gasteiger partial charge is 0.190 e. The highest BCUT2D eigenvalue weighted by atomic mass is 16.8. The first-order valence-corrected chi connectivity index (χ1v) is 6.28. The van der Waals surface area contributed by atoms with Gasteiger partial charge in [0, 0.05) is 0 Å². The standard InChI is InChI=1S/C12H20O6/c1-11(2)14-5-6(16-11)8-7(13)9-10(15-8)18-12(3,4)17-9/h6-10,13H,5H2,1-4H3/t6-,7+,8?,9+,10+/m0/s1. The van der Waals surface area contributed by atoms with Gasteiger partial charge >= 0.3 is 0 Å². The lowest BCUT2D eigenvalue weighted by atomic mass is 10.1. The van der Waals surface area contributed by atoms with Gasteiger partial charge in [0.15, 0.2) is 17.9 Å². The van der Waals surface area contributed by atoms with Crippen LogP contribution in [0, 0.1) is 0 Å². The lowest BCUT2D eigenvalue weighted by molar-refractivity contribution is -0.232. The minimum atomic E-state index is -0.765. The molecule has 1 N–H and O–H groups in total. The van der Waals surface area contributed by atoms with E-state index in [0.717, 1.165) is 0 Å². The highest BCUT2D eigenvalue weighted by Gasteiger charge is 2.57. The van der Waals surface area contributed by atoms with Crippen LogP contribution in [0.3, 0.4) is 0 Å². The van der Waals surface area contributed by atoms with Crippen molar-refractivity contribution in [3.63, 3.8) is 0 Å². The van der Waals surface area contributed by atoms with Gasteiger partial charge in [0.2, 0.25) is 0 Å². The molecule has 1 unspecified atom stereocenters. The maximum atomic E-state index is 10.3. The van der Waals surface area contributed by atoms with Gasteiger partial charge in [-0.2, -0.15) is 0 Å². The molecule has 3 fully saturated rings. The SMILES string of the molecule is CC1(C)O[C@H]2OC([C@@H]3COC(C)(C)O3)[C@@H](O)[C@H]2O1. The van der Waals surface area contributed by atoms with E-state index in [2.05, 4.69) is 0 Å². The van der Waals surface area contributed by atoms with Crippen molar-refractivity contribution in [2.24, 2.45) is 0 Å². The van der Waals surface area contributed by atoms with Crippen LogP contribution in [0.4, 0.5) is 0 Å². The lowest BCUT2D eigenvalue weighted by Crippen LogP contribution is -2.42. The number of fused-ring (bicyclic) bond motifs is 1. The van der Waals surface area contributed by atoms with Crippen LogP contribution in [-0.2, 0) is 23.7 Å². The van der Waals surface area contributed by atoms with Crippen LogP contribution in [0.2, 0.25) is 0 Å². The summed E-state index contributed by atoms with van der Waals surface area (Å²) < 4.78 is 28.1. The molecule has 18 heavy (non-hydrogen) atoms. The second kappa shape index (κ2) is 3.88. The van der Waals surface area contributed by atoms with Gasteiger partial charge in [0.1, 0.15) is 24.4 Å². The number of aliphatic hydroxyl groups is 1. The Labute approximate surface area is 106 Å². The Bertz CT molecular complexity index is 341. The van der Waals surface area contributed by atoms with Gasteiger partial charge < -0.3 is 28.8 Å². The van der Waals surface area contributed by atoms with Crippen LogP contribution in [-0.4, -0.2) is 54.0 Å². The molecule has 0 amide bonds. The first kappa shape index (κ1) is 12.8. The van der Waals surface area contributed by atoms with Gasteiger partial charge in [-0.1, -0.05) is 0 Å². The highest BCUT2D eigenvalue weighted by molar-refractivity contribution is 4.97. The van der Waals surface area contributed by atoms with E-state index in [1.807, 2.05) is 13.8 Å². The molecule has 5 atom stereocenters. The monoisotopic (exact) mass is 260 g/mol. The summed E-state index contributed by atoms with van der Waals surface area (Å²) in [4.78, 5) is 0. The lowest BCUT2D eigenvalue weighted by Gasteiger charge is -2.26. The summed E-state index contributed by atoms with van der Waals surface area (Å²) in [5.74, 6) is -1.35. The zero-order chi connectivity index (χ0) is 13.1. The molecule has 0 aromatic heterocycles. The maximum Gasteiger partial charge on any atom is 0.190 e. The van der Waals surface area contributed by atoms with Crippen molar-refractivity contribution in [3.05, 3.63) is 0 Å². The zero-order valence-electron chi connectivity index (χ0n) is 11.1. The molecule has 104 valence electrons. The van der Waals surface area contributed by atoms with E-state index in [4.69, 9.17) is 23.7 Å². The molecule has 0 radical (unpaired) electrons. The van der Waals surface area contributed by atoms with Gasteiger partial charge in [-0.3, -0.25) is 0 Å². The highest BCUT2D eigenvalue weighted by Crippen LogP contribution is 2.40. The van der Waals surface area contributed by atoms with E-state index in [0.29, 0.717) is 6.61 Å². The third kappa shape index (κ3) is 2.07. The first-order chi connectivity index (χ1) is 8.27. The Balaban J connectivity index is 1.68. The molecular formula is C12H20O6. The van der Waals surface area contributed by atoms with E-state index >= 15 is 0 Å². The van der Waals surface area contributed by atoms with Crippen molar-refractivity contribution in [3.8, 4) is 0 Å². The molecule has 3 rings (SSSR count). The molecule has 3 heterocycles. The molecule has 3 saturated heterocycles. The molecule has 6 heteroatoms. The van der Waals surface area contributed by atoms with Crippen molar-refractivity contribution < 1.29 is 28.8 Å². The van der Waals surface area contributed by atoms with Crippen molar-refractivity contribution >= 4 is 0 Å². The van der Waals surface area contributed by atoms with Crippen molar-refractivity contribution in [1.29, 1.82) is 0 Å². The summed E-state index contributed by atoms with van der Waals surface area (Å²) in [6.45, 7) is 7.68. The zero-order valence-corrected chi connectivity index (χ0v) is 11.1. The first-order valence-electron chi connectivity index (χ1n) is 6.28. The molecule has 0 aromatic rings. The summed E-state index contributed by atoms with van der Waals surface area (Å²) in [6.07, 6.45) is -2.53. The van der Waals surface area contributed by atoms with Crippen LogP contribution in [0.15, 0.2) is 0 Å². The number of ether oxygens (including phenoxy) is 5. The van der Waals surface area contributed by atoms with Crippen LogP contribution in [0.5, 0.6) is 0 Å². The molecule has 0 spiro atoms. The van der Waals surface area contributed by atoms with E-state index < -0.39 is 36.2 Å². The normalized spacial score (nSPS) is 49.5. The molecule has 3 aliphatic heterocycles. The second-order valence-electron chi connectivity index (χ2n) is 5.93. The predicted molar refractivity (Wildman–Crippen MR) is 59.6 cm³/mol. The van der Waals surface area contributed by atoms with Crippen molar-refractivity contribution in [2.45, 2.75) is 70.0 Å². The summed E-state index contributed by atoms with van der Waals surface area (Å²) in [5, 5.41) is 10.3. The van der Waals surface area contributed by atoms with E-state index in [1.165, 1.54) is 0 Å². The summed E-state index contributed by atoms with van der Waals surface area (Å²) in [5.41, 5.74) is 0. The van der Waals surface area contributed by atoms with Gasteiger partial charge in [0.25, 0.3) is 0 Å². The molecule has 0 bridgehead atoms. The predicted octanol–water partition coefficient (Wildman–Crippen LogP) is 0.375. The molecular weight excluding hydrogens is 240 g/mol. The maximum absolute atomic E-state index is 10.3. The van der Waals surface area contributed by atoms with Crippen LogP contribution in [0.1, 0.15) is 27.7 Å². The second-order valence-corrected chi connectivity index (χ2v) is 5.93. The largest absolute Gasteiger partial charge is 0.387 e. The van der Waals surface area contributed by atoms with Crippen LogP contribution in [0.25, 0.3) is 0 Å². The molecule has 0 aliphatic carbocycles. The summed E-state index contributed by atoms with van der Waals surface area (Å²) in [7, 11) is 0. The van der Waals surface area contributed by atoms with Gasteiger partial charge in [-0.25, -0.2) is 0 Å². The van der Waals surface area contributed by atoms with Crippen LogP contribution < -0.4 is 0 Å². The minimum absolute atomic E-state index is 0.295. The van der Waals surface area contributed by atoms with Crippen LogP contribution >= 0.6 is 0 Å². The van der Waals surface area contributed by atoms with Gasteiger partial charge in [-0.05, 0) is 27.7 Å². The van der Waals surface area contributed by atoms with Gasteiger partial charge in [0.05, 0.1) is 6.61 Å². The fourth-order valence-corrected chi connectivity index (χ4v) is 2.70. The Morgan fingerprint density at radius 1 is 0.944 bits per heavy atom. The molecule has 0 aromatic carbocycles. The van der Waals surface area contributed by atoms with E-state index in [1.54, 1.807) is 13.8 Å². The Kier molecular flexibility index (Phi) is 2.75. The topological polar surface area (TPSA) is 66.4 Å². The number of aliphatic hydroxyl groups excluding tert-OH is 1. The third-order valence-corrected chi connectivity index (χ3v) is 3.45. The Morgan fingerprint density at radius 2 is 1.67 bits per heavy atom. The number of rotatable bonds is 1. The number of hydrogen-bond acceptors (Lipinski definition) is 6. The molecule has 0 saturated carbocycles. The Hall–Kier alpha value is -0.240.